The Hall–Kier alpha value is -4.33. The number of anilines is 2. The minimum atomic E-state index is -0.421. The number of ether oxygens (including phenoxy) is 2. The Balaban J connectivity index is 1.26. The molecule has 192 valence electrons. The lowest BCUT2D eigenvalue weighted by atomic mass is 10.1. The van der Waals surface area contributed by atoms with Crippen LogP contribution in [-0.4, -0.2) is 38.0 Å². The van der Waals surface area contributed by atoms with Crippen molar-refractivity contribution < 1.29 is 23.9 Å². The summed E-state index contributed by atoms with van der Waals surface area (Å²) in [5.74, 6) is 0.337. The van der Waals surface area contributed by atoms with Crippen molar-refractivity contribution in [1.82, 2.24) is 5.32 Å². The van der Waals surface area contributed by atoms with E-state index in [0.29, 0.717) is 24.5 Å². The monoisotopic (exact) mass is 501 g/mol. The second kappa shape index (κ2) is 11.6. The molecule has 0 aliphatic carbocycles. The van der Waals surface area contributed by atoms with Crippen LogP contribution in [0.5, 0.6) is 11.5 Å². The maximum atomic E-state index is 12.7. The highest BCUT2D eigenvalue weighted by Crippen LogP contribution is 2.27. The number of benzene rings is 3. The van der Waals surface area contributed by atoms with Crippen molar-refractivity contribution in [3.63, 3.8) is 0 Å². The van der Waals surface area contributed by atoms with E-state index in [4.69, 9.17) is 9.47 Å². The molecule has 8 heteroatoms. The van der Waals surface area contributed by atoms with Gasteiger partial charge in [0.25, 0.3) is 5.91 Å². The van der Waals surface area contributed by atoms with Crippen LogP contribution >= 0.6 is 0 Å². The van der Waals surface area contributed by atoms with E-state index in [1.165, 1.54) is 0 Å². The predicted octanol–water partition coefficient (Wildman–Crippen LogP) is 4.00. The van der Waals surface area contributed by atoms with E-state index in [1.807, 2.05) is 56.3 Å². The fraction of sp³-hybridized carbons (Fsp3) is 0.276. The van der Waals surface area contributed by atoms with Crippen molar-refractivity contribution >= 4 is 29.1 Å². The van der Waals surface area contributed by atoms with Crippen molar-refractivity contribution in [1.29, 1.82) is 0 Å². The average molecular weight is 502 g/mol. The quantitative estimate of drug-likeness (QED) is 0.462. The Bertz CT molecular complexity index is 1270. The van der Waals surface area contributed by atoms with Crippen LogP contribution in [0.15, 0.2) is 66.7 Å². The SMILES string of the molecule is COc1ccc(CNC(=O)[C@H]2CC(=O)N(c3ccc(OCC(=O)Nc4cc(C)ccc4C)cc3)C2)cc1. The fourth-order valence-electron chi connectivity index (χ4n) is 4.14. The number of nitrogens with one attached hydrogen (secondary N) is 2. The smallest absolute Gasteiger partial charge is 0.262 e. The number of rotatable bonds is 9. The maximum Gasteiger partial charge on any atom is 0.262 e. The Morgan fingerprint density at radius 2 is 1.68 bits per heavy atom. The van der Waals surface area contributed by atoms with Gasteiger partial charge in [-0.05, 0) is 73.0 Å². The largest absolute Gasteiger partial charge is 0.497 e. The molecule has 8 nitrogen and oxygen atoms in total. The molecular formula is C29H31N3O5. The summed E-state index contributed by atoms with van der Waals surface area (Å²) in [6.45, 7) is 4.47. The minimum absolute atomic E-state index is 0.105. The van der Waals surface area contributed by atoms with Gasteiger partial charge in [-0.15, -0.1) is 0 Å². The molecular weight excluding hydrogens is 470 g/mol. The number of hydrogen-bond donors (Lipinski definition) is 2. The maximum absolute atomic E-state index is 12.7. The Kier molecular flexibility index (Phi) is 8.08. The van der Waals surface area contributed by atoms with Gasteiger partial charge in [-0.2, -0.15) is 0 Å². The number of amides is 3. The van der Waals surface area contributed by atoms with Gasteiger partial charge in [0.2, 0.25) is 11.8 Å². The Labute approximate surface area is 216 Å². The van der Waals surface area contributed by atoms with Crippen LogP contribution in [0.3, 0.4) is 0 Å². The molecule has 0 saturated carbocycles. The molecule has 1 atom stereocenters. The lowest BCUT2D eigenvalue weighted by Crippen LogP contribution is -2.32. The summed E-state index contributed by atoms with van der Waals surface area (Å²) in [4.78, 5) is 39.2. The number of carbonyl (C=O) groups is 3. The van der Waals surface area contributed by atoms with Crippen LogP contribution in [0.25, 0.3) is 0 Å². The van der Waals surface area contributed by atoms with Crippen LogP contribution in [-0.2, 0) is 20.9 Å². The standard InChI is InChI=1S/C29H31N3O5/c1-19-4-5-20(2)26(14-19)31-27(33)18-37-25-12-8-23(9-13-25)32-17-22(15-28(32)34)29(35)30-16-21-6-10-24(36-3)11-7-21/h4-14,22H,15-18H2,1-3H3,(H,30,35)(H,31,33)/t22-/m0/s1. The number of nitrogens with zero attached hydrogens (tertiary/aromatic N) is 1. The first-order chi connectivity index (χ1) is 17.8. The van der Waals surface area contributed by atoms with Crippen molar-refractivity contribution in [2.75, 3.05) is 30.5 Å². The molecule has 1 aliphatic rings. The van der Waals surface area contributed by atoms with E-state index >= 15 is 0 Å². The van der Waals surface area contributed by atoms with Gasteiger partial charge in [0.1, 0.15) is 11.5 Å². The first kappa shape index (κ1) is 25.8. The Morgan fingerprint density at radius 1 is 0.973 bits per heavy atom. The highest BCUT2D eigenvalue weighted by molar-refractivity contribution is 6.00. The molecule has 4 rings (SSSR count). The number of hydrogen-bond acceptors (Lipinski definition) is 5. The second-order valence-corrected chi connectivity index (χ2v) is 9.12. The molecule has 1 aliphatic heterocycles. The first-order valence-electron chi connectivity index (χ1n) is 12.1. The third-order valence-corrected chi connectivity index (χ3v) is 6.31. The molecule has 1 fully saturated rings. The zero-order valence-corrected chi connectivity index (χ0v) is 21.2. The van der Waals surface area contributed by atoms with Gasteiger partial charge >= 0.3 is 0 Å². The zero-order valence-electron chi connectivity index (χ0n) is 21.2. The summed E-state index contributed by atoms with van der Waals surface area (Å²) in [7, 11) is 1.60. The molecule has 1 heterocycles. The van der Waals surface area contributed by atoms with Crippen molar-refractivity contribution in [2.24, 2.45) is 5.92 Å². The molecule has 0 spiro atoms. The van der Waals surface area contributed by atoms with E-state index < -0.39 is 5.92 Å². The van der Waals surface area contributed by atoms with Gasteiger partial charge < -0.3 is 25.0 Å². The molecule has 3 amide bonds. The molecule has 0 bridgehead atoms. The van der Waals surface area contributed by atoms with Crippen molar-refractivity contribution in [3.05, 3.63) is 83.4 Å². The summed E-state index contributed by atoms with van der Waals surface area (Å²) >= 11 is 0. The van der Waals surface area contributed by atoms with E-state index in [0.717, 1.165) is 28.1 Å². The van der Waals surface area contributed by atoms with Gasteiger partial charge in [-0.25, -0.2) is 0 Å². The summed E-state index contributed by atoms with van der Waals surface area (Å²) < 4.78 is 10.8. The average Bonchev–Trinajstić information content (AvgIpc) is 3.30. The summed E-state index contributed by atoms with van der Waals surface area (Å²) in [5.41, 5.74) is 4.44. The molecule has 3 aromatic carbocycles. The predicted molar refractivity (Wildman–Crippen MR) is 142 cm³/mol. The van der Waals surface area contributed by atoms with Gasteiger partial charge in [0.05, 0.1) is 13.0 Å². The van der Waals surface area contributed by atoms with E-state index in [9.17, 15) is 14.4 Å². The number of methoxy groups -OCH3 is 1. The van der Waals surface area contributed by atoms with Crippen LogP contribution in [0, 0.1) is 19.8 Å². The van der Waals surface area contributed by atoms with E-state index in [1.54, 1.807) is 36.3 Å². The zero-order chi connectivity index (χ0) is 26.4. The van der Waals surface area contributed by atoms with Crippen LogP contribution < -0.4 is 25.0 Å². The van der Waals surface area contributed by atoms with Gasteiger partial charge in [-0.1, -0.05) is 24.3 Å². The topological polar surface area (TPSA) is 97.0 Å². The lowest BCUT2D eigenvalue weighted by molar-refractivity contribution is -0.126. The van der Waals surface area contributed by atoms with E-state index in [-0.39, 0.29) is 30.7 Å². The number of aryl methyl sites for hydroxylation is 2. The van der Waals surface area contributed by atoms with Crippen molar-refractivity contribution in [3.8, 4) is 11.5 Å². The number of carbonyl (C=O) groups excluding carboxylic acids is 3. The minimum Gasteiger partial charge on any atom is -0.497 e. The van der Waals surface area contributed by atoms with Crippen molar-refractivity contribution in [2.45, 2.75) is 26.8 Å². The second-order valence-electron chi connectivity index (χ2n) is 9.12. The third-order valence-electron chi connectivity index (χ3n) is 6.31. The van der Waals surface area contributed by atoms with Crippen LogP contribution in [0.2, 0.25) is 0 Å². The summed E-state index contributed by atoms with van der Waals surface area (Å²) in [6.07, 6.45) is 0.158. The first-order valence-corrected chi connectivity index (χ1v) is 12.1. The summed E-state index contributed by atoms with van der Waals surface area (Å²) in [6, 6.07) is 20.3. The summed E-state index contributed by atoms with van der Waals surface area (Å²) in [5, 5.41) is 5.78. The van der Waals surface area contributed by atoms with Gasteiger partial charge in [-0.3, -0.25) is 14.4 Å². The lowest BCUT2D eigenvalue weighted by Gasteiger charge is -2.17. The molecule has 0 aromatic heterocycles. The molecule has 37 heavy (non-hydrogen) atoms. The molecule has 0 radical (unpaired) electrons. The third kappa shape index (κ3) is 6.67. The van der Waals surface area contributed by atoms with E-state index in [2.05, 4.69) is 10.6 Å². The molecule has 2 N–H and O–H groups in total. The molecule has 0 unspecified atom stereocenters. The normalized spacial score (nSPS) is 14.8. The van der Waals surface area contributed by atoms with Gasteiger partial charge in [0.15, 0.2) is 6.61 Å². The molecule has 3 aromatic rings. The fourth-order valence-corrected chi connectivity index (χ4v) is 4.14. The van der Waals surface area contributed by atoms with Crippen LogP contribution in [0.4, 0.5) is 11.4 Å². The van der Waals surface area contributed by atoms with Crippen LogP contribution in [0.1, 0.15) is 23.1 Å². The highest BCUT2D eigenvalue weighted by atomic mass is 16.5. The Morgan fingerprint density at radius 3 is 2.38 bits per heavy atom. The molecule has 1 saturated heterocycles. The highest BCUT2D eigenvalue weighted by Gasteiger charge is 2.35. The van der Waals surface area contributed by atoms with Gasteiger partial charge in [0, 0.05) is 30.9 Å².